The highest BCUT2D eigenvalue weighted by Crippen LogP contribution is 2.22. The fraction of sp³-hybridized carbons (Fsp3) is 0.533. The molecule has 0 bridgehead atoms. The van der Waals surface area contributed by atoms with Crippen molar-refractivity contribution in [1.29, 1.82) is 0 Å². The van der Waals surface area contributed by atoms with Crippen molar-refractivity contribution in [2.45, 2.75) is 46.6 Å². The van der Waals surface area contributed by atoms with Gasteiger partial charge in [0.2, 0.25) is 0 Å². The highest BCUT2D eigenvalue weighted by atomic mass is 32.1. The fourth-order valence-corrected chi connectivity index (χ4v) is 3.05. The molecule has 4 nitrogen and oxygen atoms in total. The Morgan fingerprint density at radius 3 is 2.65 bits per heavy atom. The smallest absolute Gasteiger partial charge is 0.125 e. The quantitative estimate of drug-likeness (QED) is 0.888. The van der Waals surface area contributed by atoms with E-state index in [0.717, 1.165) is 36.6 Å². The van der Waals surface area contributed by atoms with E-state index in [-0.39, 0.29) is 6.04 Å². The van der Waals surface area contributed by atoms with E-state index in [2.05, 4.69) is 41.0 Å². The number of rotatable bonds is 6. The molecule has 0 amide bonds. The van der Waals surface area contributed by atoms with E-state index >= 15 is 0 Å². The standard InChI is InChI=1S/C15H22N4S/c1-5-7-17-14(13-6-8-16-12(4)19-13)9-15-18-10(2)11(3)20-15/h6,8,14,17H,5,7,9H2,1-4H3. The van der Waals surface area contributed by atoms with Crippen molar-refractivity contribution in [2.24, 2.45) is 0 Å². The summed E-state index contributed by atoms with van der Waals surface area (Å²) in [7, 11) is 0. The van der Waals surface area contributed by atoms with Gasteiger partial charge in [0, 0.05) is 17.5 Å². The Kier molecular flexibility index (Phi) is 5.20. The van der Waals surface area contributed by atoms with E-state index in [1.165, 1.54) is 9.88 Å². The normalized spacial score (nSPS) is 12.6. The Morgan fingerprint density at radius 2 is 2.05 bits per heavy atom. The third kappa shape index (κ3) is 3.84. The summed E-state index contributed by atoms with van der Waals surface area (Å²) in [5.74, 6) is 0.817. The van der Waals surface area contributed by atoms with Gasteiger partial charge in [-0.1, -0.05) is 6.92 Å². The second kappa shape index (κ2) is 6.90. The lowest BCUT2D eigenvalue weighted by atomic mass is 10.1. The van der Waals surface area contributed by atoms with Gasteiger partial charge in [-0.05, 0) is 39.8 Å². The van der Waals surface area contributed by atoms with Gasteiger partial charge >= 0.3 is 0 Å². The third-order valence-corrected chi connectivity index (χ3v) is 4.34. The molecule has 5 heteroatoms. The van der Waals surface area contributed by atoms with Gasteiger partial charge in [0.1, 0.15) is 5.82 Å². The summed E-state index contributed by atoms with van der Waals surface area (Å²) in [4.78, 5) is 14.7. The highest BCUT2D eigenvalue weighted by Gasteiger charge is 2.16. The number of aromatic nitrogens is 3. The molecular formula is C15H22N4S. The summed E-state index contributed by atoms with van der Waals surface area (Å²) in [6, 6.07) is 2.20. The summed E-state index contributed by atoms with van der Waals surface area (Å²) >= 11 is 1.78. The van der Waals surface area contributed by atoms with Crippen molar-refractivity contribution in [3.8, 4) is 0 Å². The minimum absolute atomic E-state index is 0.210. The molecule has 0 spiro atoms. The van der Waals surface area contributed by atoms with Gasteiger partial charge < -0.3 is 5.32 Å². The monoisotopic (exact) mass is 290 g/mol. The van der Waals surface area contributed by atoms with Crippen LogP contribution in [-0.2, 0) is 6.42 Å². The predicted molar refractivity (Wildman–Crippen MR) is 83.1 cm³/mol. The minimum atomic E-state index is 0.210. The molecule has 108 valence electrons. The molecule has 0 saturated carbocycles. The summed E-state index contributed by atoms with van der Waals surface area (Å²) < 4.78 is 0. The number of nitrogens with zero attached hydrogens (tertiary/aromatic N) is 3. The molecule has 2 rings (SSSR count). The Balaban J connectivity index is 2.18. The molecule has 0 aliphatic rings. The van der Waals surface area contributed by atoms with Crippen LogP contribution in [0.1, 0.15) is 46.5 Å². The molecule has 2 aromatic heterocycles. The van der Waals surface area contributed by atoms with E-state index in [1.807, 2.05) is 19.2 Å². The highest BCUT2D eigenvalue weighted by molar-refractivity contribution is 7.11. The molecule has 1 N–H and O–H groups in total. The number of aryl methyl sites for hydroxylation is 3. The molecule has 0 aromatic carbocycles. The first-order chi connectivity index (χ1) is 9.60. The summed E-state index contributed by atoms with van der Waals surface area (Å²) in [6.07, 6.45) is 3.82. The molecule has 1 unspecified atom stereocenters. The second-order valence-corrected chi connectivity index (χ2v) is 6.28. The van der Waals surface area contributed by atoms with E-state index in [0.29, 0.717) is 0 Å². The summed E-state index contributed by atoms with van der Waals surface area (Å²) in [5.41, 5.74) is 2.19. The van der Waals surface area contributed by atoms with Crippen LogP contribution < -0.4 is 5.32 Å². The third-order valence-electron chi connectivity index (χ3n) is 3.25. The lowest BCUT2D eigenvalue weighted by Crippen LogP contribution is -2.25. The van der Waals surface area contributed by atoms with Crippen molar-refractivity contribution in [3.05, 3.63) is 39.4 Å². The number of hydrogen-bond donors (Lipinski definition) is 1. The molecule has 20 heavy (non-hydrogen) atoms. The Labute approximate surface area is 124 Å². The second-order valence-electron chi connectivity index (χ2n) is 4.99. The Bertz CT molecular complexity index is 545. The van der Waals surface area contributed by atoms with Gasteiger partial charge in [0.25, 0.3) is 0 Å². The van der Waals surface area contributed by atoms with Gasteiger partial charge in [-0.25, -0.2) is 15.0 Å². The lowest BCUT2D eigenvalue weighted by Gasteiger charge is -2.17. The van der Waals surface area contributed by atoms with Crippen LogP contribution in [0.2, 0.25) is 0 Å². The fourth-order valence-electron chi connectivity index (χ4n) is 2.07. The first kappa shape index (κ1) is 15.1. The SMILES string of the molecule is CCCNC(Cc1nc(C)c(C)s1)c1ccnc(C)n1. The van der Waals surface area contributed by atoms with Crippen LogP contribution >= 0.6 is 11.3 Å². The molecule has 2 heterocycles. The van der Waals surface area contributed by atoms with Crippen LogP contribution in [0, 0.1) is 20.8 Å². The first-order valence-electron chi connectivity index (χ1n) is 7.06. The largest absolute Gasteiger partial charge is 0.308 e. The van der Waals surface area contributed by atoms with Crippen LogP contribution in [0.4, 0.5) is 0 Å². The van der Waals surface area contributed by atoms with Crippen molar-refractivity contribution >= 4 is 11.3 Å². The van der Waals surface area contributed by atoms with Crippen LogP contribution in [0.25, 0.3) is 0 Å². The maximum absolute atomic E-state index is 4.64. The van der Waals surface area contributed by atoms with E-state index in [1.54, 1.807) is 11.3 Å². The van der Waals surface area contributed by atoms with Gasteiger partial charge in [-0.3, -0.25) is 0 Å². The molecule has 0 aliphatic heterocycles. The van der Waals surface area contributed by atoms with Gasteiger partial charge in [-0.15, -0.1) is 11.3 Å². The molecule has 1 atom stereocenters. The van der Waals surface area contributed by atoms with Crippen LogP contribution in [0.5, 0.6) is 0 Å². The van der Waals surface area contributed by atoms with Crippen LogP contribution in [-0.4, -0.2) is 21.5 Å². The van der Waals surface area contributed by atoms with E-state index in [9.17, 15) is 0 Å². The van der Waals surface area contributed by atoms with Crippen molar-refractivity contribution < 1.29 is 0 Å². The zero-order valence-corrected chi connectivity index (χ0v) is 13.4. The molecule has 0 aliphatic carbocycles. The summed E-state index contributed by atoms with van der Waals surface area (Å²) in [6.45, 7) is 9.28. The molecule has 0 radical (unpaired) electrons. The zero-order chi connectivity index (χ0) is 14.5. The number of nitrogens with one attached hydrogen (secondary N) is 1. The first-order valence-corrected chi connectivity index (χ1v) is 7.87. The zero-order valence-electron chi connectivity index (χ0n) is 12.6. The minimum Gasteiger partial charge on any atom is -0.308 e. The van der Waals surface area contributed by atoms with Crippen molar-refractivity contribution in [3.63, 3.8) is 0 Å². The summed E-state index contributed by atoms with van der Waals surface area (Å²) in [5, 5.41) is 4.74. The Morgan fingerprint density at radius 1 is 1.25 bits per heavy atom. The van der Waals surface area contributed by atoms with Crippen molar-refractivity contribution in [1.82, 2.24) is 20.3 Å². The van der Waals surface area contributed by atoms with Gasteiger partial charge in [0.05, 0.1) is 22.4 Å². The molecular weight excluding hydrogens is 268 g/mol. The number of thiazole rings is 1. The van der Waals surface area contributed by atoms with Crippen molar-refractivity contribution in [2.75, 3.05) is 6.54 Å². The molecule has 0 fully saturated rings. The predicted octanol–water partition coefficient (Wildman–Crippen LogP) is 3.14. The maximum Gasteiger partial charge on any atom is 0.125 e. The average Bonchev–Trinajstić information content (AvgIpc) is 2.73. The number of hydrogen-bond acceptors (Lipinski definition) is 5. The average molecular weight is 290 g/mol. The van der Waals surface area contributed by atoms with Gasteiger partial charge in [-0.2, -0.15) is 0 Å². The van der Waals surface area contributed by atoms with Crippen LogP contribution in [0.15, 0.2) is 12.3 Å². The topological polar surface area (TPSA) is 50.7 Å². The molecule has 0 saturated heterocycles. The molecule has 2 aromatic rings. The van der Waals surface area contributed by atoms with E-state index < -0.39 is 0 Å². The maximum atomic E-state index is 4.64. The van der Waals surface area contributed by atoms with Gasteiger partial charge in [0.15, 0.2) is 0 Å². The van der Waals surface area contributed by atoms with Crippen LogP contribution in [0.3, 0.4) is 0 Å². The Hall–Kier alpha value is -1.33. The van der Waals surface area contributed by atoms with E-state index in [4.69, 9.17) is 0 Å². The lowest BCUT2D eigenvalue weighted by molar-refractivity contribution is 0.514.